The van der Waals surface area contributed by atoms with Crippen LogP contribution in [0.5, 0.6) is 0 Å². The van der Waals surface area contributed by atoms with E-state index in [1.54, 1.807) is 17.1 Å². The van der Waals surface area contributed by atoms with Gasteiger partial charge in [-0.1, -0.05) is 60.7 Å². The lowest BCUT2D eigenvalue weighted by Gasteiger charge is -2.46. The molecule has 1 fully saturated rings. The first-order chi connectivity index (χ1) is 16.0. The topological polar surface area (TPSA) is 65.1 Å². The zero-order valence-corrected chi connectivity index (χ0v) is 19.0. The highest BCUT2D eigenvalue weighted by atomic mass is 16.6. The number of nitrogens with zero attached hydrogens (tertiary/aromatic N) is 1. The summed E-state index contributed by atoms with van der Waals surface area (Å²) in [6, 6.07) is 15.5. The summed E-state index contributed by atoms with van der Waals surface area (Å²) in [7, 11) is 0. The molecule has 4 atom stereocenters. The standard InChI is InChI=1S/C27H29NO5/c1-5-24-17(3)33-26(16-31-18(4)29)25(6-2)28(24)27(30)32-15-23-21-13-9-7-11-19(21)20-12-8-10-14-22(20)23/h5-14,17,23-26H,1-2,15-16H2,3-4H3. The quantitative estimate of drug-likeness (QED) is 0.475. The van der Waals surface area contributed by atoms with Gasteiger partial charge in [0.15, 0.2) is 0 Å². The number of hydrogen-bond donors (Lipinski definition) is 0. The molecule has 0 bridgehead atoms. The highest BCUT2D eigenvalue weighted by molar-refractivity contribution is 5.79. The molecular formula is C27H29NO5. The number of morpholine rings is 1. The molecule has 0 saturated carbocycles. The molecule has 0 spiro atoms. The van der Waals surface area contributed by atoms with Crippen molar-refractivity contribution in [3.05, 3.63) is 85.0 Å². The molecule has 2 aromatic carbocycles. The molecule has 172 valence electrons. The number of amides is 1. The lowest BCUT2D eigenvalue weighted by molar-refractivity contribution is -0.159. The zero-order chi connectivity index (χ0) is 23.5. The molecule has 1 saturated heterocycles. The van der Waals surface area contributed by atoms with E-state index in [0.29, 0.717) is 0 Å². The maximum Gasteiger partial charge on any atom is 0.410 e. The van der Waals surface area contributed by atoms with Crippen molar-refractivity contribution in [2.75, 3.05) is 13.2 Å². The Balaban J connectivity index is 1.55. The van der Waals surface area contributed by atoms with Crippen LogP contribution < -0.4 is 0 Å². The Morgan fingerprint density at radius 2 is 1.52 bits per heavy atom. The normalized spacial score (nSPS) is 23.9. The summed E-state index contributed by atoms with van der Waals surface area (Å²) in [6.07, 6.45) is 1.93. The molecule has 0 N–H and O–H groups in total. The molecule has 6 heteroatoms. The van der Waals surface area contributed by atoms with Crippen LogP contribution in [0.1, 0.15) is 30.9 Å². The van der Waals surface area contributed by atoms with Crippen molar-refractivity contribution in [3.63, 3.8) is 0 Å². The number of carbonyl (C=O) groups is 2. The van der Waals surface area contributed by atoms with E-state index in [2.05, 4.69) is 37.4 Å². The monoisotopic (exact) mass is 447 g/mol. The molecular weight excluding hydrogens is 418 g/mol. The van der Waals surface area contributed by atoms with Gasteiger partial charge in [0.2, 0.25) is 0 Å². The summed E-state index contributed by atoms with van der Waals surface area (Å²) in [5.41, 5.74) is 4.64. The molecule has 4 unspecified atom stereocenters. The Morgan fingerprint density at radius 1 is 0.939 bits per heavy atom. The molecule has 1 heterocycles. The van der Waals surface area contributed by atoms with E-state index in [1.165, 1.54) is 18.1 Å². The van der Waals surface area contributed by atoms with Crippen LogP contribution in [0.2, 0.25) is 0 Å². The third kappa shape index (κ3) is 4.31. The highest BCUT2D eigenvalue weighted by Crippen LogP contribution is 2.44. The average molecular weight is 448 g/mol. The number of benzene rings is 2. The number of esters is 1. The van der Waals surface area contributed by atoms with Crippen molar-refractivity contribution < 1.29 is 23.8 Å². The van der Waals surface area contributed by atoms with Crippen LogP contribution >= 0.6 is 0 Å². The smallest absolute Gasteiger partial charge is 0.410 e. The molecule has 1 amide bonds. The van der Waals surface area contributed by atoms with Gasteiger partial charge in [0.25, 0.3) is 0 Å². The van der Waals surface area contributed by atoms with E-state index in [-0.39, 0.29) is 25.2 Å². The number of carbonyl (C=O) groups excluding carboxylic acids is 2. The Kier molecular flexibility index (Phi) is 6.65. The van der Waals surface area contributed by atoms with E-state index >= 15 is 0 Å². The van der Waals surface area contributed by atoms with Crippen LogP contribution in [-0.4, -0.2) is 54.5 Å². The first kappa shape index (κ1) is 22.8. The Morgan fingerprint density at radius 3 is 2.06 bits per heavy atom. The Labute approximate surface area is 194 Å². The van der Waals surface area contributed by atoms with Gasteiger partial charge in [-0.2, -0.15) is 0 Å². The summed E-state index contributed by atoms with van der Waals surface area (Å²) in [5, 5.41) is 0. The maximum atomic E-state index is 13.4. The van der Waals surface area contributed by atoms with Gasteiger partial charge in [0.1, 0.15) is 19.3 Å². The van der Waals surface area contributed by atoms with E-state index in [0.717, 1.165) is 11.1 Å². The van der Waals surface area contributed by atoms with Crippen molar-refractivity contribution in [2.45, 2.75) is 44.1 Å². The first-order valence-corrected chi connectivity index (χ1v) is 11.1. The minimum Gasteiger partial charge on any atom is -0.463 e. The van der Waals surface area contributed by atoms with E-state index < -0.39 is 30.3 Å². The van der Waals surface area contributed by atoms with E-state index in [9.17, 15) is 9.59 Å². The minimum atomic E-state index is -0.543. The van der Waals surface area contributed by atoms with Crippen LogP contribution in [0, 0.1) is 0 Å². The fourth-order valence-corrected chi connectivity index (χ4v) is 4.86. The van der Waals surface area contributed by atoms with Crippen LogP contribution in [0.25, 0.3) is 11.1 Å². The lowest BCUT2D eigenvalue weighted by atomic mass is 9.98. The van der Waals surface area contributed by atoms with Gasteiger partial charge < -0.3 is 14.2 Å². The average Bonchev–Trinajstić information content (AvgIpc) is 3.14. The first-order valence-electron chi connectivity index (χ1n) is 11.1. The van der Waals surface area contributed by atoms with Crippen molar-refractivity contribution in [3.8, 4) is 11.1 Å². The number of rotatable bonds is 6. The summed E-state index contributed by atoms with van der Waals surface area (Å²) in [4.78, 5) is 26.3. The Hall–Kier alpha value is -3.38. The molecule has 6 nitrogen and oxygen atoms in total. The van der Waals surface area contributed by atoms with Crippen LogP contribution in [-0.2, 0) is 19.0 Å². The van der Waals surface area contributed by atoms with Crippen molar-refractivity contribution >= 4 is 12.1 Å². The second-order valence-electron chi connectivity index (χ2n) is 8.35. The predicted molar refractivity (Wildman–Crippen MR) is 126 cm³/mol. The summed E-state index contributed by atoms with van der Waals surface area (Å²) in [5.74, 6) is -0.450. The summed E-state index contributed by atoms with van der Waals surface area (Å²) < 4.78 is 17.1. The molecule has 4 rings (SSSR count). The molecule has 1 aliphatic heterocycles. The third-order valence-corrected chi connectivity index (χ3v) is 6.37. The zero-order valence-electron chi connectivity index (χ0n) is 19.0. The van der Waals surface area contributed by atoms with Gasteiger partial charge in [-0.15, -0.1) is 13.2 Å². The van der Waals surface area contributed by atoms with Gasteiger partial charge >= 0.3 is 12.1 Å². The molecule has 2 aromatic rings. The van der Waals surface area contributed by atoms with Gasteiger partial charge in [-0.25, -0.2) is 4.79 Å². The molecule has 33 heavy (non-hydrogen) atoms. The second-order valence-corrected chi connectivity index (χ2v) is 8.35. The maximum absolute atomic E-state index is 13.4. The van der Waals surface area contributed by atoms with Crippen LogP contribution in [0.4, 0.5) is 4.79 Å². The van der Waals surface area contributed by atoms with Crippen molar-refractivity contribution in [1.82, 2.24) is 4.90 Å². The van der Waals surface area contributed by atoms with Gasteiger partial charge in [-0.3, -0.25) is 9.69 Å². The van der Waals surface area contributed by atoms with Gasteiger partial charge in [0.05, 0.1) is 18.2 Å². The highest BCUT2D eigenvalue weighted by Gasteiger charge is 2.43. The van der Waals surface area contributed by atoms with E-state index in [4.69, 9.17) is 14.2 Å². The number of ether oxygens (including phenoxy) is 3. The van der Waals surface area contributed by atoms with Crippen molar-refractivity contribution in [2.24, 2.45) is 0 Å². The largest absolute Gasteiger partial charge is 0.463 e. The van der Waals surface area contributed by atoms with Crippen LogP contribution in [0.3, 0.4) is 0 Å². The molecule has 1 aliphatic carbocycles. The van der Waals surface area contributed by atoms with Crippen LogP contribution in [0.15, 0.2) is 73.8 Å². The predicted octanol–water partition coefficient (Wildman–Crippen LogP) is 4.70. The molecule has 0 radical (unpaired) electrons. The number of hydrogen-bond acceptors (Lipinski definition) is 5. The molecule has 2 aliphatic rings. The second kappa shape index (κ2) is 9.63. The molecule has 0 aromatic heterocycles. The fourth-order valence-electron chi connectivity index (χ4n) is 4.86. The Bertz CT molecular complexity index is 1020. The summed E-state index contributed by atoms with van der Waals surface area (Å²) >= 11 is 0. The minimum absolute atomic E-state index is 0.0212. The fraction of sp³-hybridized carbons (Fsp3) is 0.333. The van der Waals surface area contributed by atoms with Crippen molar-refractivity contribution in [1.29, 1.82) is 0 Å². The third-order valence-electron chi connectivity index (χ3n) is 6.37. The summed E-state index contributed by atoms with van der Waals surface area (Å²) in [6.45, 7) is 11.2. The lowest BCUT2D eigenvalue weighted by Crippen LogP contribution is -2.61. The van der Waals surface area contributed by atoms with E-state index in [1.807, 2.05) is 31.2 Å². The van der Waals surface area contributed by atoms with Gasteiger partial charge in [0, 0.05) is 12.8 Å². The SMILES string of the molecule is C=CC1C(C)OC(COC(C)=O)C(C=C)N1C(=O)OCC1c2ccccc2-c2ccccc21. The number of fused-ring (bicyclic) bond motifs is 3. The van der Waals surface area contributed by atoms with Gasteiger partial charge in [-0.05, 0) is 29.2 Å².